The van der Waals surface area contributed by atoms with Crippen LogP contribution in [0, 0.1) is 11.8 Å². The second-order valence-electron chi connectivity index (χ2n) is 8.54. The van der Waals surface area contributed by atoms with Crippen molar-refractivity contribution in [2.24, 2.45) is 11.8 Å². The summed E-state index contributed by atoms with van der Waals surface area (Å²) in [5.74, 6) is -1.48. The molecule has 5 rings (SSSR count). The number of hydrogen-bond acceptors (Lipinski definition) is 9. The molecule has 33 heavy (non-hydrogen) atoms. The molecule has 11 heteroatoms. The summed E-state index contributed by atoms with van der Waals surface area (Å²) in [5, 5.41) is 22.0. The molecule has 5 atom stereocenters. The van der Waals surface area contributed by atoms with E-state index in [-0.39, 0.29) is 59.2 Å². The molecule has 0 spiro atoms. The molecule has 0 aliphatic carbocycles. The number of carboxylic acid groups (broad SMARTS) is 1. The SMILES string of the molecule is CC1C(SN2CCCC2CSc2nc3ccccc3s2)=C(C(=O)[O-])N2C(=O)C([C@H](C)O)C12.[Na+]. The summed E-state index contributed by atoms with van der Waals surface area (Å²) in [6.07, 6.45) is 1.28. The standard InChI is InChI=1S/C22H25N3O4S3.Na/c1-11-17-16(12(2)26)20(27)25(17)18(21(28)29)19(11)32-24-9-5-6-13(24)10-30-22-23-14-7-3-4-8-15(14)31-22;/h3-4,7-8,11-13,16-17,26H,5-6,9-10H2,1-2H3,(H,28,29);/q;+1/p-1/t11?,12-,13?,16?,17?;/m0./s1. The summed E-state index contributed by atoms with van der Waals surface area (Å²) in [6.45, 7) is 4.40. The molecule has 2 saturated heterocycles. The number of nitrogens with zero attached hydrogens (tertiary/aromatic N) is 3. The molecule has 170 valence electrons. The molecule has 4 heterocycles. The summed E-state index contributed by atoms with van der Waals surface area (Å²) < 4.78 is 4.47. The van der Waals surface area contributed by atoms with Gasteiger partial charge in [-0.3, -0.25) is 4.79 Å². The Labute approximate surface area is 227 Å². The number of aliphatic carboxylic acids is 1. The van der Waals surface area contributed by atoms with Gasteiger partial charge in [-0.2, -0.15) is 0 Å². The molecule has 1 aromatic heterocycles. The van der Waals surface area contributed by atoms with Crippen LogP contribution in [0.2, 0.25) is 0 Å². The van der Waals surface area contributed by atoms with Crippen LogP contribution in [0.15, 0.2) is 39.2 Å². The van der Waals surface area contributed by atoms with E-state index in [1.165, 1.54) is 21.5 Å². The molecule has 1 amide bonds. The second-order valence-corrected chi connectivity index (χ2v) is 11.9. The molecular formula is C22H24N3NaO4S3. The van der Waals surface area contributed by atoms with Gasteiger partial charge in [-0.15, -0.1) is 11.3 Å². The number of thioether (sulfide) groups is 1. The molecule has 3 aliphatic rings. The number of thiazole rings is 1. The number of aliphatic hydroxyl groups is 1. The van der Waals surface area contributed by atoms with Crippen molar-refractivity contribution in [3.05, 3.63) is 34.9 Å². The van der Waals surface area contributed by atoms with E-state index < -0.39 is 18.0 Å². The maximum absolute atomic E-state index is 12.5. The number of carbonyl (C=O) groups is 2. The normalized spacial score (nSPS) is 28.1. The van der Waals surface area contributed by atoms with Gasteiger partial charge in [0.2, 0.25) is 5.91 Å². The van der Waals surface area contributed by atoms with Crippen molar-refractivity contribution in [2.75, 3.05) is 12.3 Å². The van der Waals surface area contributed by atoms with E-state index in [9.17, 15) is 19.8 Å². The number of aromatic nitrogens is 1. The Morgan fingerprint density at radius 2 is 2.15 bits per heavy atom. The third-order valence-electron chi connectivity index (χ3n) is 6.51. The molecule has 3 aliphatic heterocycles. The first-order valence-electron chi connectivity index (χ1n) is 10.8. The average Bonchev–Trinajstić information content (AvgIpc) is 3.42. The number of β-lactam (4-membered cyclic amide) rings is 1. The molecule has 1 N–H and O–H groups in total. The Hall–Kier alpha value is -0.590. The summed E-state index contributed by atoms with van der Waals surface area (Å²) in [6, 6.07) is 8.09. The Morgan fingerprint density at radius 3 is 2.85 bits per heavy atom. The predicted octanol–water partition coefficient (Wildman–Crippen LogP) is -0.676. The van der Waals surface area contributed by atoms with E-state index >= 15 is 0 Å². The van der Waals surface area contributed by atoms with Gasteiger partial charge in [-0.25, -0.2) is 9.29 Å². The molecule has 0 radical (unpaired) electrons. The fraction of sp³-hybridized carbons (Fsp3) is 0.500. The maximum atomic E-state index is 12.5. The van der Waals surface area contributed by atoms with E-state index in [1.807, 2.05) is 25.1 Å². The summed E-state index contributed by atoms with van der Waals surface area (Å²) in [7, 11) is 0. The van der Waals surface area contributed by atoms with Crippen LogP contribution in [-0.2, 0) is 9.59 Å². The Bertz CT molecular complexity index is 1070. The van der Waals surface area contributed by atoms with Gasteiger partial charge in [-0.05, 0) is 43.8 Å². The number of para-hydroxylation sites is 1. The van der Waals surface area contributed by atoms with Gasteiger partial charge in [-0.1, -0.05) is 30.8 Å². The van der Waals surface area contributed by atoms with E-state index in [0.717, 1.165) is 35.0 Å². The first-order chi connectivity index (χ1) is 15.4. The van der Waals surface area contributed by atoms with Gasteiger partial charge in [0.25, 0.3) is 0 Å². The number of rotatable bonds is 7. The van der Waals surface area contributed by atoms with Crippen molar-refractivity contribution in [1.29, 1.82) is 0 Å². The van der Waals surface area contributed by atoms with E-state index in [4.69, 9.17) is 4.98 Å². The van der Waals surface area contributed by atoms with E-state index in [2.05, 4.69) is 10.4 Å². The monoisotopic (exact) mass is 513 g/mol. The van der Waals surface area contributed by atoms with Crippen molar-refractivity contribution < 1.29 is 49.4 Å². The van der Waals surface area contributed by atoms with Crippen molar-refractivity contribution in [3.8, 4) is 0 Å². The summed E-state index contributed by atoms with van der Waals surface area (Å²) in [4.78, 5) is 31.2. The van der Waals surface area contributed by atoms with Crippen LogP contribution in [0.4, 0.5) is 0 Å². The van der Waals surface area contributed by atoms with E-state index in [0.29, 0.717) is 4.91 Å². The van der Waals surface area contributed by atoms with Crippen molar-refractivity contribution in [3.63, 3.8) is 0 Å². The van der Waals surface area contributed by atoms with E-state index in [1.54, 1.807) is 30.0 Å². The number of benzene rings is 1. The van der Waals surface area contributed by atoms with Crippen LogP contribution in [-0.4, -0.2) is 61.7 Å². The van der Waals surface area contributed by atoms with Crippen LogP contribution in [0.5, 0.6) is 0 Å². The first-order valence-corrected chi connectivity index (χ1v) is 13.3. The van der Waals surface area contributed by atoms with Gasteiger partial charge < -0.3 is 19.9 Å². The van der Waals surface area contributed by atoms with Crippen LogP contribution in [0.3, 0.4) is 0 Å². The van der Waals surface area contributed by atoms with Gasteiger partial charge in [0.1, 0.15) is 0 Å². The smallest absolute Gasteiger partial charge is 0.543 e. The molecule has 0 bridgehead atoms. The Morgan fingerprint density at radius 1 is 1.39 bits per heavy atom. The molecule has 1 aromatic carbocycles. The van der Waals surface area contributed by atoms with Gasteiger partial charge in [0.05, 0.1) is 39.9 Å². The zero-order chi connectivity index (χ0) is 22.6. The largest absolute Gasteiger partial charge is 1.00 e. The van der Waals surface area contributed by atoms with Gasteiger partial charge in [0, 0.05) is 29.2 Å². The van der Waals surface area contributed by atoms with Crippen molar-refractivity contribution in [1.82, 2.24) is 14.2 Å². The quantitative estimate of drug-likeness (QED) is 0.225. The number of aliphatic hydroxyl groups excluding tert-OH is 1. The number of hydrogen-bond donors (Lipinski definition) is 1. The van der Waals surface area contributed by atoms with Gasteiger partial charge in [0.15, 0.2) is 4.34 Å². The summed E-state index contributed by atoms with van der Waals surface area (Å²) in [5.41, 5.74) is 1.00. The molecular weight excluding hydrogens is 489 g/mol. The van der Waals surface area contributed by atoms with Crippen LogP contribution >= 0.6 is 35.0 Å². The third-order valence-corrected chi connectivity index (χ3v) is 10.3. The average molecular weight is 514 g/mol. The minimum atomic E-state index is -1.32. The summed E-state index contributed by atoms with van der Waals surface area (Å²) >= 11 is 4.89. The fourth-order valence-corrected chi connectivity index (χ4v) is 8.66. The van der Waals surface area contributed by atoms with Gasteiger partial charge >= 0.3 is 29.6 Å². The minimum absolute atomic E-state index is 0. The van der Waals surface area contributed by atoms with Crippen molar-refractivity contribution in [2.45, 2.75) is 49.2 Å². The number of fused-ring (bicyclic) bond motifs is 2. The first kappa shape index (κ1) is 25.5. The molecule has 7 nitrogen and oxygen atoms in total. The topological polar surface area (TPSA) is 96.8 Å². The Kier molecular flexibility index (Phi) is 7.87. The number of carbonyl (C=O) groups excluding carboxylic acids is 2. The fourth-order valence-electron chi connectivity index (χ4n) is 4.93. The maximum Gasteiger partial charge on any atom is 1.00 e. The minimum Gasteiger partial charge on any atom is -0.543 e. The van der Waals surface area contributed by atoms with Crippen LogP contribution in [0.1, 0.15) is 26.7 Å². The van der Waals surface area contributed by atoms with Crippen molar-refractivity contribution >= 4 is 57.1 Å². The predicted molar refractivity (Wildman–Crippen MR) is 125 cm³/mol. The molecule has 2 aromatic rings. The molecule has 2 fully saturated rings. The van der Waals surface area contributed by atoms with Crippen LogP contribution in [0.25, 0.3) is 10.2 Å². The zero-order valence-electron chi connectivity index (χ0n) is 18.8. The zero-order valence-corrected chi connectivity index (χ0v) is 23.2. The molecule has 4 unspecified atom stereocenters. The van der Waals surface area contributed by atoms with Crippen LogP contribution < -0.4 is 34.7 Å². The number of amides is 1. The number of carboxylic acids is 1. The second kappa shape index (κ2) is 10.2. The third kappa shape index (κ3) is 4.53. The molecule has 0 saturated carbocycles. The Balaban J connectivity index is 0.00000259.